The molecule has 1 fully saturated rings. The number of anilines is 1. The molecule has 1 aliphatic rings. The molecule has 0 aromatic carbocycles. The van der Waals surface area contributed by atoms with E-state index in [-0.39, 0.29) is 0 Å². The first-order chi connectivity index (χ1) is 7.74. The first-order valence-electron chi connectivity index (χ1n) is 5.69. The van der Waals surface area contributed by atoms with E-state index >= 15 is 0 Å². The van der Waals surface area contributed by atoms with Gasteiger partial charge in [0.25, 0.3) is 0 Å². The largest absolute Gasteiger partial charge is 0.370 e. The summed E-state index contributed by atoms with van der Waals surface area (Å²) in [6.07, 6.45) is 5.78. The SMILES string of the molecule is Cc1c(CCl)ncc(Br)c1N1CCCCC1. The van der Waals surface area contributed by atoms with Crippen molar-refractivity contribution in [3.05, 3.63) is 21.9 Å². The van der Waals surface area contributed by atoms with Crippen LogP contribution in [0.4, 0.5) is 5.69 Å². The number of rotatable bonds is 2. The zero-order valence-electron chi connectivity index (χ0n) is 9.47. The Morgan fingerprint density at radius 2 is 2.06 bits per heavy atom. The maximum atomic E-state index is 5.90. The fourth-order valence-corrected chi connectivity index (χ4v) is 3.17. The molecule has 1 aliphatic heterocycles. The highest BCUT2D eigenvalue weighted by atomic mass is 79.9. The van der Waals surface area contributed by atoms with Crippen molar-refractivity contribution >= 4 is 33.2 Å². The molecule has 0 N–H and O–H groups in total. The third kappa shape index (κ3) is 2.35. The van der Waals surface area contributed by atoms with E-state index in [1.807, 2.05) is 6.20 Å². The molecule has 2 nitrogen and oxygen atoms in total. The summed E-state index contributed by atoms with van der Waals surface area (Å²) < 4.78 is 1.08. The van der Waals surface area contributed by atoms with Crippen LogP contribution in [0.15, 0.2) is 10.7 Å². The van der Waals surface area contributed by atoms with Gasteiger partial charge in [-0.25, -0.2) is 0 Å². The van der Waals surface area contributed by atoms with Crippen molar-refractivity contribution in [1.82, 2.24) is 4.98 Å². The Bertz CT molecular complexity index is 376. The average Bonchev–Trinajstić information content (AvgIpc) is 2.31. The van der Waals surface area contributed by atoms with E-state index in [9.17, 15) is 0 Å². The highest BCUT2D eigenvalue weighted by Crippen LogP contribution is 2.33. The molecule has 2 rings (SSSR count). The predicted octanol–water partition coefficient (Wildman–Crippen LogP) is 3.88. The fourth-order valence-electron chi connectivity index (χ4n) is 2.25. The van der Waals surface area contributed by atoms with Crippen LogP contribution in [-0.2, 0) is 5.88 Å². The third-order valence-electron chi connectivity index (χ3n) is 3.15. The van der Waals surface area contributed by atoms with Crippen molar-refractivity contribution < 1.29 is 0 Å². The molecule has 16 heavy (non-hydrogen) atoms. The smallest absolute Gasteiger partial charge is 0.0650 e. The molecule has 1 aromatic heterocycles. The molecule has 0 aliphatic carbocycles. The number of hydrogen-bond acceptors (Lipinski definition) is 2. The second-order valence-corrected chi connectivity index (χ2v) is 5.33. The lowest BCUT2D eigenvalue weighted by Crippen LogP contribution is -2.30. The first kappa shape index (κ1) is 12.2. The van der Waals surface area contributed by atoms with Crippen molar-refractivity contribution in [2.75, 3.05) is 18.0 Å². The molecular formula is C12H16BrClN2. The molecule has 1 aromatic rings. The number of halogens is 2. The highest BCUT2D eigenvalue weighted by molar-refractivity contribution is 9.10. The Morgan fingerprint density at radius 1 is 1.38 bits per heavy atom. The normalized spacial score (nSPS) is 16.6. The molecule has 0 saturated carbocycles. The Kier molecular flexibility index (Phi) is 4.09. The van der Waals surface area contributed by atoms with Crippen LogP contribution in [0.25, 0.3) is 0 Å². The average molecular weight is 304 g/mol. The summed E-state index contributed by atoms with van der Waals surface area (Å²) in [7, 11) is 0. The minimum absolute atomic E-state index is 0.486. The Labute approximate surface area is 110 Å². The lowest BCUT2D eigenvalue weighted by molar-refractivity contribution is 0.576. The molecule has 0 bridgehead atoms. The number of nitrogens with zero attached hydrogens (tertiary/aromatic N) is 2. The van der Waals surface area contributed by atoms with E-state index in [1.165, 1.54) is 30.5 Å². The predicted molar refractivity (Wildman–Crippen MR) is 72.3 cm³/mol. The van der Waals surface area contributed by atoms with Crippen LogP contribution in [0, 0.1) is 6.92 Å². The zero-order chi connectivity index (χ0) is 11.5. The van der Waals surface area contributed by atoms with Crippen LogP contribution in [0.3, 0.4) is 0 Å². The van der Waals surface area contributed by atoms with Gasteiger partial charge in [-0.05, 0) is 47.7 Å². The Balaban J connectivity index is 2.37. The van der Waals surface area contributed by atoms with E-state index in [0.717, 1.165) is 23.3 Å². The number of piperidine rings is 1. The van der Waals surface area contributed by atoms with E-state index in [0.29, 0.717) is 5.88 Å². The summed E-state index contributed by atoms with van der Waals surface area (Å²) in [6.45, 7) is 4.40. The number of pyridine rings is 1. The second kappa shape index (κ2) is 5.37. The van der Waals surface area contributed by atoms with Crippen LogP contribution in [0.2, 0.25) is 0 Å². The van der Waals surface area contributed by atoms with Crippen molar-refractivity contribution in [3.63, 3.8) is 0 Å². The van der Waals surface area contributed by atoms with Crippen LogP contribution in [-0.4, -0.2) is 18.1 Å². The lowest BCUT2D eigenvalue weighted by atomic mass is 10.1. The third-order valence-corrected chi connectivity index (χ3v) is 3.98. The lowest BCUT2D eigenvalue weighted by Gasteiger charge is -2.31. The fraction of sp³-hybridized carbons (Fsp3) is 0.583. The van der Waals surface area contributed by atoms with Gasteiger partial charge >= 0.3 is 0 Å². The summed E-state index contributed by atoms with van der Waals surface area (Å²) in [4.78, 5) is 6.79. The molecule has 2 heterocycles. The van der Waals surface area contributed by atoms with Gasteiger partial charge in [0, 0.05) is 19.3 Å². The highest BCUT2D eigenvalue weighted by Gasteiger charge is 2.17. The molecule has 0 spiro atoms. The molecule has 4 heteroatoms. The van der Waals surface area contributed by atoms with Gasteiger partial charge in [0.15, 0.2) is 0 Å². The summed E-state index contributed by atoms with van der Waals surface area (Å²) in [5.41, 5.74) is 3.49. The van der Waals surface area contributed by atoms with Gasteiger partial charge < -0.3 is 4.90 Å². The van der Waals surface area contributed by atoms with E-state index < -0.39 is 0 Å². The van der Waals surface area contributed by atoms with Gasteiger partial charge in [0.1, 0.15) is 0 Å². The number of aromatic nitrogens is 1. The minimum atomic E-state index is 0.486. The topological polar surface area (TPSA) is 16.1 Å². The first-order valence-corrected chi connectivity index (χ1v) is 7.01. The summed E-state index contributed by atoms with van der Waals surface area (Å²) in [5, 5.41) is 0. The van der Waals surface area contributed by atoms with Gasteiger partial charge in [0.05, 0.1) is 21.7 Å². The summed E-state index contributed by atoms with van der Waals surface area (Å²) in [5.74, 6) is 0.486. The standard InChI is InChI=1S/C12H16BrClN2/c1-9-11(7-14)15-8-10(13)12(9)16-5-3-2-4-6-16/h8H,2-7H2,1H3. The molecule has 0 atom stereocenters. The monoisotopic (exact) mass is 302 g/mol. The number of hydrogen-bond donors (Lipinski definition) is 0. The van der Waals surface area contributed by atoms with E-state index in [2.05, 4.69) is 32.7 Å². The van der Waals surface area contributed by atoms with Crippen LogP contribution in [0.1, 0.15) is 30.5 Å². The summed E-state index contributed by atoms with van der Waals surface area (Å²) in [6, 6.07) is 0. The molecule has 88 valence electrons. The summed E-state index contributed by atoms with van der Waals surface area (Å²) >= 11 is 9.50. The van der Waals surface area contributed by atoms with Gasteiger partial charge in [-0.3, -0.25) is 4.98 Å². The van der Waals surface area contributed by atoms with Crippen LogP contribution < -0.4 is 4.90 Å². The van der Waals surface area contributed by atoms with Crippen molar-refractivity contribution in [2.45, 2.75) is 32.1 Å². The molecular weight excluding hydrogens is 288 g/mol. The van der Waals surface area contributed by atoms with Crippen molar-refractivity contribution in [2.24, 2.45) is 0 Å². The Morgan fingerprint density at radius 3 is 2.69 bits per heavy atom. The molecule has 0 amide bonds. The maximum absolute atomic E-state index is 5.90. The van der Waals surface area contributed by atoms with Crippen molar-refractivity contribution in [3.8, 4) is 0 Å². The second-order valence-electron chi connectivity index (χ2n) is 4.21. The van der Waals surface area contributed by atoms with Crippen LogP contribution >= 0.6 is 27.5 Å². The van der Waals surface area contributed by atoms with E-state index in [4.69, 9.17) is 11.6 Å². The zero-order valence-corrected chi connectivity index (χ0v) is 11.8. The van der Waals surface area contributed by atoms with Crippen LogP contribution in [0.5, 0.6) is 0 Å². The molecule has 0 radical (unpaired) electrons. The van der Waals surface area contributed by atoms with Gasteiger partial charge in [-0.2, -0.15) is 0 Å². The van der Waals surface area contributed by atoms with Gasteiger partial charge in [0.2, 0.25) is 0 Å². The Hall–Kier alpha value is -0.280. The maximum Gasteiger partial charge on any atom is 0.0650 e. The number of alkyl halides is 1. The van der Waals surface area contributed by atoms with Crippen molar-refractivity contribution in [1.29, 1.82) is 0 Å². The van der Waals surface area contributed by atoms with Gasteiger partial charge in [-0.1, -0.05) is 0 Å². The van der Waals surface area contributed by atoms with E-state index in [1.54, 1.807) is 0 Å². The quantitative estimate of drug-likeness (QED) is 0.771. The molecule has 0 unspecified atom stereocenters. The minimum Gasteiger partial charge on any atom is -0.370 e. The molecule has 1 saturated heterocycles. The van der Waals surface area contributed by atoms with Gasteiger partial charge in [-0.15, -0.1) is 11.6 Å².